The Labute approximate surface area is 166 Å². The van der Waals surface area contributed by atoms with Crippen LogP contribution >= 0.6 is 11.6 Å². The van der Waals surface area contributed by atoms with E-state index >= 15 is 0 Å². The fourth-order valence-electron chi connectivity index (χ4n) is 3.07. The molecule has 0 aromatic carbocycles. The lowest BCUT2D eigenvalue weighted by Gasteiger charge is -2.18. The summed E-state index contributed by atoms with van der Waals surface area (Å²) in [5.41, 5.74) is 2.53. The van der Waals surface area contributed by atoms with E-state index in [4.69, 9.17) is 21.8 Å². The van der Waals surface area contributed by atoms with Crippen molar-refractivity contribution in [1.82, 2.24) is 14.8 Å². The fourth-order valence-corrected chi connectivity index (χ4v) is 3.38. The Hall–Kier alpha value is -2.09. The van der Waals surface area contributed by atoms with Crippen molar-refractivity contribution in [2.24, 2.45) is 5.92 Å². The molecule has 1 aliphatic carbocycles. The summed E-state index contributed by atoms with van der Waals surface area (Å²) >= 11 is 6.46. The molecule has 0 amide bonds. The zero-order valence-electron chi connectivity index (χ0n) is 15.7. The Kier molecular flexibility index (Phi) is 5.70. The quantitative estimate of drug-likeness (QED) is 0.531. The van der Waals surface area contributed by atoms with Crippen molar-refractivity contribution < 1.29 is 19.0 Å². The Morgan fingerprint density at radius 2 is 2.14 bits per heavy atom. The lowest BCUT2D eigenvalue weighted by atomic mass is 10.0. The summed E-state index contributed by atoms with van der Waals surface area (Å²) in [6.45, 7) is 8.00. The van der Waals surface area contributed by atoms with Crippen LogP contribution in [-0.2, 0) is 12.5 Å². The molecule has 2 N–H and O–H groups in total. The van der Waals surface area contributed by atoms with Crippen LogP contribution in [0, 0.1) is 12.8 Å². The summed E-state index contributed by atoms with van der Waals surface area (Å²) in [5, 5.41) is 23.0. The van der Waals surface area contributed by atoms with Crippen molar-refractivity contribution in [2.75, 3.05) is 0 Å². The molecule has 0 bridgehead atoms. The summed E-state index contributed by atoms with van der Waals surface area (Å²) < 4.78 is 29.7. The van der Waals surface area contributed by atoms with Crippen LogP contribution < -0.4 is 0 Å². The molecule has 0 unspecified atom stereocenters. The minimum atomic E-state index is -3.84. The molecule has 0 atom stereocenters. The number of hydrogen-bond donors (Lipinski definition) is 2. The number of aryl methyl sites for hydroxylation is 1. The average Bonchev–Trinajstić information content (AvgIpc) is 3.44. The predicted octanol–water partition coefficient (Wildman–Crippen LogP) is 4.18. The van der Waals surface area contributed by atoms with Crippen LogP contribution in [0.25, 0.3) is 11.0 Å². The van der Waals surface area contributed by atoms with Crippen molar-refractivity contribution in [3.05, 3.63) is 58.4 Å². The number of hydrogen-bond acceptors (Lipinski definition) is 4. The SMILES string of the molecule is C=C(/C(Cn1nc(C)c2ncc(C(F)(F)C(O)O)cc21)=C(Cl)\C=C/C)C1CC1. The van der Waals surface area contributed by atoms with Crippen molar-refractivity contribution in [2.45, 2.75) is 45.4 Å². The van der Waals surface area contributed by atoms with Gasteiger partial charge in [0.05, 0.1) is 17.8 Å². The highest BCUT2D eigenvalue weighted by Gasteiger charge is 2.40. The molecule has 2 heterocycles. The molecule has 8 heteroatoms. The second-order valence-electron chi connectivity index (χ2n) is 6.96. The second kappa shape index (κ2) is 7.73. The van der Waals surface area contributed by atoms with Gasteiger partial charge in [-0.3, -0.25) is 9.67 Å². The van der Waals surface area contributed by atoms with Gasteiger partial charge in [0.1, 0.15) is 5.52 Å². The Balaban J connectivity index is 2.08. The lowest BCUT2D eigenvalue weighted by Crippen LogP contribution is -2.30. The van der Waals surface area contributed by atoms with Crippen LogP contribution in [-0.4, -0.2) is 31.3 Å². The molecule has 0 spiro atoms. The molecule has 2 aromatic rings. The van der Waals surface area contributed by atoms with E-state index in [1.807, 2.05) is 13.0 Å². The van der Waals surface area contributed by atoms with E-state index in [0.29, 0.717) is 27.7 Å². The molecule has 28 heavy (non-hydrogen) atoms. The molecule has 0 saturated heterocycles. The number of aliphatic hydroxyl groups is 2. The molecule has 3 rings (SSSR count). The van der Waals surface area contributed by atoms with E-state index in [-0.39, 0.29) is 6.54 Å². The number of aromatic nitrogens is 3. The third-order valence-electron chi connectivity index (χ3n) is 4.84. The highest BCUT2D eigenvalue weighted by molar-refractivity contribution is 6.31. The first-order chi connectivity index (χ1) is 13.2. The maximum atomic E-state index is 14.1. The van der Waals surface area contributed by atoms with Gasteiger partial charge in [0.15, 0.2) is 0 Å². The standard InChI is InChI=1S/C20H22ClF2N3O2/c1-4-5-16(21)15(11(2)13-6-7-13)10-26-17-8-14(20(22,23)19(27)28)9-24-18(17)12(3)25-26/h4-5,8-9,13,19,27-28H,2,6-7,10H2,1,3H3/b5-4-,16-15+. The van der Waals surface area contributed by atoms with Crippen molar-refractivity contribution in [3.63, 3.8) is 0 Å². The summed E-state index contributed by atoms with van der Waals surface area (Å²) in [5.74, 6) is -3.47. The number of pyridine rings is 1. The summed E-state index contributed by atoms with van der Waals surface area (Å²) in [4.78, 5) is 4.06. The van der Waals surface area contributed by atoms with E-state index in [2.05, 4.69) is 16.7 Å². The second-order valence-corrected chi connectivity index (χ2v) is 7.36. The molecule has 1 aliphatic rings. The van der Waals surface area contributed by atoms with Gasteiger partial charge in [-0.15, -0.1) is 0 Å². The first-order valence-electron chi connectivity index (χ1n) is 8.94. The van der Waals surface area contributed by atoms with Gasteiger partial charge in [-0.05, 0) is 55.9 Å². The molecule has 0 radical (unpaired) electrons. The number of aliphatic hydroxyl groups excluding tert-OH is 1. The van der Waals surface area contributed by atoms with Crippen molar-refractivity contribution in [3.8, 4) is 0 Å². The maximum absolute atomic E-state index is 14.1. The Morgan fingerprint density at radius 1 is 1.46 bits per heavy atom. The van der Waals surface area contributed by atoms with Gasteiger partial charge in [0, 0.05) is 16.8 Å². The summed E-state index contributed by atoms with van der Waals surface area (Å²) in [6.07, 6.45) is 3.80. The minimum Gasteiger partial charge on any atom is -0.363 e. The molecular weight excluding hydrogens is 388 g/mol. The third-order valence-corrected chi connectivity index (χ3v) is 5.19. The van der Waals surface area contributed by atoms with Gasteiger partial charge >= 0.3 is 5.92 Å². The monoisotopic (exact) mass is 409 g/mol. The molecule has 150 valence electrons. The first kappa shape index (κ1) is 20.6. The molecular formula is C20H22ClF2N3O2. The van der Waals surface area contributed by atoms with Gasteiger partial charge in [-0.2, -0.15) is 13.9 Å². The first-order valence-corrected chi connectivity index (χ1v) is 9.32. The number of halogens is 3. The topological polar surface area (TPSA) is 71.2 Å². The van der Waals surface area contributed by atoms with Gasteiger partial charge < -0.3 is 10.2 Å². The zero-order chi connectivity index (χ0) is 20.6. The molecule has 5 nitrogen and oxygen atoms in total. The number of rotatable bonds is 7. The number of allylic oxidation sites excluding steroid dienone is 5. The maximum Gasteiger partial charge on any atom is 0.324 e. The van der Waals surface area contributed by atoms with E-state index < -0.39 is 17.8 Å². The number of fused-ring (bicyclic) bond motifs is 1. The molecule has 0 aliphatic heterocycles. The van der Waals surface area contributed by atoms with Gasteiger partial charge in [-0.25, -0.2) is 0 Å². The van der Waals surface area contributed by atoms with E-state index in [1.165, 1.54) is 6.07 Å². The van der Waals surface area contributed by atoms with E-state index in [9.17, 15) is 8.78 Å². The summed E-state index contributed by atoms with van der Waals surface area (Å²) in [7, 11) is 0. The van der Waals surface area contributed by atoms with Crippen molar-refractivity contribution in [1.29, 1.82) is 0 Å². The number of alkyl halides is 2. The third kappa shape index (κ3) is 3.87. The Morgan fingerprint density at radius 3 is 2.71 bits per heavy atom. The van der Waals surface area contributed by atoms with Gasteiger partial charge in [-0.1, -0.05) is 24.3 Å². The van der Waals surface area contributed by atoms with Crippen LogP contribution in [0.5, 0.6) is 0 Å². The van der Waals surface area contributed by atoms with Crippen LogP contribution in [0.2, 0.25) is 0 Å². The molecule has 2 aromatic heterocycles. The summed E-state index contributed by atoms with van der Waals surface area (Å²) in [6, 6.07) is 1.18. The average molecular weight is 410 g/mol. The Bertz CT molecular complexity index is 975. The largest absolute Gasteiger partial charge is 0.363 e. The van der Waals surface area contributed by atoms with Crippen LogP contribution in [0.3, 0.4) is 0 Å². The predicted molar refractivity (Wildman–Crippen MR) is 104 cm³/mol. The van der Waals surface area contributed by atoms with E-state index in [0.717, 1.165) is 30.2 Å². The normalized spacial score (nSPS) is 16.3. The molecule has 1 fully saturated rings. The number of nitrogens with zero attached hydrogens (tertiary/aromatic N) is 3. The van der Waals surface area contributed by atoms with Gasteiger partial charge in [0.25, 0.3) is 0 Å². The van der Waals surface area contributed by atoms with E-state index in [1.54, 1.807) is 17.7 Å². The fraction of sp³-hybridized carbons (Fsp3) is 0.400. The van der Waals surface area contributed by atoms with Gasteiger partial charge in [0.2, 0.25) is 6.29 Å². The van der Waals surface area contributed by atoms with Crippen LogP contribution in [0.1, 0.15) is 31.0 Å². The highest BCUT2D eigenvalue weighted by atomic mass is 35.5. The highest BCUT2D eigenvalue weighted by Crippen LogP contribution is 2.41. The smallest absolute Gasteiger partial charge is 0.324 e. The van der Waals surface area contributed by atoms with Crippen LogP contribution in [0.15, 0.2) is 47.2 Å². The lowest BCUT2D eigenvalue weighted by molar-refractivity contribution is -0.214. The molecule has 1 saturated carbocycles. The van der Waals surface area contributed by atoms with Crippen LogP contribution in [0.4, 0.5) is 8.78 Å². The minimum absolute atomic E-state index is 0.251. The van der Waals surface area contributed by atoms with Crippen molar-refractivity contribution >= 4 is 22.6 Å². The zero-order valence-corrected chi connectivity index (χ0v) is 16.4.